The van der Waals surface area contributed by atoms with Gasteiger partial charge in [0.1, 0.15) is 0 Å². The Kier molecular flexibility index (Phi) is 5.82. The monoisotopic (exact) mass is 280 g/mol. The molecule has 0 aromatic heterocycles. The molecule has 0 saturated carbocycles. The van der Waals surface area contributed by atoms with Crippen molar-refractivity contribution < 1.29 is 14.3 Å². The first kappa shape index (κ1) is 16.3. The molecule has 0 aliphatic heterocycles. The number of carbonyl (C=O) groups excluding carboxylic acids is 1. The molecule has 1 amide bonds. The van der Waals surface area contributed by atoms with Crippen molar-refractivity contribution in [3.05, 3.63) is 23.8 Å². The quantitative estimate of drug-likeness (QED) is 0.793. The van der Waals surface area contributed by atoms with E-state index >= 15 is 0 Å². The summed E-state index contributed by atoms with van der Waals surface area (Å²) in [5, 5.41) is 2.97. The van der Waals surface area contributed by atoms with Crippen LogP contribution in [0.15, 0.2) is 18.2 Å². The Morgan fingerprint density at radius 1 is 1.30 bits per heavy atom. The summed E-state index contributed by atoms with van der Waals surface area (Å²) < 4.78 is 10.4. The number of nitrogens with one attached hydrogen (secondary N) is 1. The molecule has 0 aliphatic rings. The van der Waals surface area contributed by atoms with E-state index in [2.05, 4.69) is 5.32 Å². The lowest BCUT2D eigenvalue weighted by molar-refractivity contribution is -0.122. The Morgan fingerprint density at radius 3 is 2.45 bits per heavy atom. The minimum atomic E-state index is -0.354. The molecular weight excluding hydrogens is 256 g/mol. The fourth-order valence-electron chi connectivity index (χ4n) is 1.84. The van der Waals surface area contributed by atoms with Gasteiger partial charge in [0.2, 0.25) is 5.91 Å². The summed E-state index contributed by atoms with van der Waals surface area (Å²) >= 11 is 0. The van der Waals surface area contributed by atoms with Crippen molar-refractivity contribution in [3.63, 3.8) is 0 Å². The van der Waals surface area contributed by atoms with Crippen LogP contribution in [0.2, 0.25) is 0 Å². The summed E-state index contributed by atoms with van der Waals surface area (Å²) in [7, 11) is 3.16. The molecule has 1 aromatic carbocycles. The Balaban J connectivity index is 2.76. The van der Waals surface area contributed by atoms with Crippen LogP contribution < -0.4 is 20.5 Å². The van der Waals surface area contributed by atoms with E-state index < -0.39 is 0 Å². The summed E-state index contributed by atoms with van der Waals surface area (Å²) in [6, 6.07) is 5.46. The normalized spacial score (nSPS) is 13.4. The zero-order valence-electron chi connectivity index (χ0n) is 12.7. The third-order valence-electron chi connectivity index (χ3n) is 3.48. The van der Waals surface area contributed by atoms with Crippen LogP contribution in [0, 0.1) is 0 Å². The van der Waals surface area contributed by atoms with Crippen LogP contribution in [-0.4, -0.2) is 32.2 Å². The maximum Gasteiger partial charge on any atom is 0.224 e. The third-order valence-corrected chi connectivity index (χ3v) is 3.48. The largest absolute Gasteiger partial charge is 0.493 e. The van der Waals surface area contributed by atoms with Crippen molar-refractivity contribution in [2.24, 2.45) is 5.73 Å². The lowest BCUT2D eigenvalue weighted by Crippen LogP contribution is -2.51. The van der Waals surface area contributed by atoms with E-state index in [0.717, 1.165) is 12.0 Å². The lowest BCUT2D eigenvalue weighted by Gasteiger charge is -2.28. The van der Waals surface area contributed by atoms with E-state index in [-0.39, 0.29) is 17.9 Å². The van der Waals surface area contributed by atoms with Crippen LogP contribution in [0.4, 0.5) is 0 Å². The minimum Gasteiger partial charge on any atom is -0.493 e. The molecule has 0 saturated heterocycles. The predicted octanol–water partition coefficient (Wildman–Crippen LogP) is 1.49. The number of carbonyl (C=O) groups is 1. The van der Waals surface area contributed by atoms with Gasteiger partial charge in [0.25, 0.3) is 0 Å². The molecule has 0 radical (unpaired) electrons. The van der Waals surface area contributed by atoms with E-state index in [1.165, 1.54) is 0 Å². The van der Waals surface area contributed by atoms with Gasteiger partial charge in [-0.2, -0.15) is 0 Å². The van der Waals surface area contributed by atoms with Crippen molar-refractivity contribution >= 4 is 5.91 Å². The number of ether oxygens (including phenoxy) is 2. The zero-order chi connectivity index (χ0) is 15.2. The SMILES string of the molecule is CCC(C)(CN)NC(=O)Cc1ccc(OC)c(OC)c1. The average Bonchev–Trinajstić information content (AvgIpc) is 2.46. The van der Waals surface area contributed by atoms with E-state index in [1.54, 1.807) is 20.3 Å². The fraction of sp³-hybridized carbons (Fsp3) is 0.533. The van der Waals surface area contributed by atoms with E-state index in [9.17, 15) is 4.79 Å². The van der Waals surface area contributed by atoms with Gasteiger partial charge in [-0.05, 0) is 31.0 Å². The number of nitrogens with two attached hydrogens (primary N) is 1. The van der Waals surface area contributed by atoms with Crippen LogP contribution in [0.3, 0.4) is 0 Å². The molecule has 1 unspecified atom stereocenters. The smallest absolute Gasteiger partial charge is 0.224 e. The van der Waals surface area contributed by atoms with Crippen molar-refractivity contribution in [2.45, 2.75) is 32.2 Å². The summed E-state index contributed by atoms with van der Waals surface area (Å²) in [6.45, 7) is 4.37. The highest BCUT2D eigenvalue weighted by Gasteiger charge is 2.22. The molecule has 0 bridgehead atoms. The number of methoxy groups -OCH3 is 2. The molecule has 0 fully saturated rings. The van der Waals surface area contributed by atoms with Crippen LogP contribution in [-0.2, 0) is 11.2 Å². The molecule has 20 heavy (non-hydrogen) atoms. The molecule has 3 N–H and O–H groups in total. The van der Waals surface area contributed by atoms with Crippen LogP contribution in [0.5, 0.6) is 11.5 Å². The second kappa shape index (κ2) is 7.14. The maximum absolute atomic E-state index is 12.1. The molecule has 1 aromatic rings. The van der Waals surface area contributed by atoms with Crippen molar-refractivity contribution in [1.82, 2.24) is 5.32 Å². The highest BCUT2D eigenvalue weighted by molar-refractivity contribution is 5.79. The van der Waals surface area contributed by atoms with Gasteiger partial charge < -0.3 is 20.5 Å². The van der Waals surface area contributed by atoms with Gasteiger partial charge in [-0.25, -0.2) is 0 Å². The Hall–Kier alpha value is -1.75. The van der Waals surface area contributed by atoms with Gasteiger partial charge in [0.15, 0.2) is 11.5 Å². The number of rotatable bonds is 7. The van der Waals surface area contributed by atoms with Crippen molar-refractivity contribution in [3.8, 4) is 11.5 Å². The predicted molar refractivity (Wildman–Crippen MR) is 79.1 cm³/mol. The van der Waals surface area contributed by atoms with Crippen LogP contribution in [0.25, 0.3) is 0 Å². The molecule has 112 valence electrons. The molecule has 0 aliphatic carbocycles. The summed E-state index contributed by atoms with van der Waals surface area (Å²) in [5.74, 6) is 1.22. The first-order chi connectivity index (χ1) is 9.47. The Bertz CT molecular complexity index is 456. The van der Waals surface area contributed by atoms with Crippen LogP contribution >= 0.6 is 0 Å². The summed E-state index contributed by atoms with van der Waals surface area (Å²) in [5.41, 5.74) is 6.21. The second-order valence-electron chi connectivity index (χ2n) is 5.03. The van der Waals surface area contributed by atoms with E-state index in [0.29, 0.717) is 18.0 Å². The highest BCUT2D eigenvalue weighted by Crippen LogP contribution is 2.27. The molecule has 0 spiro atoms. The number of hydrogen-bond acceptors (Lipinski definition) is 4. The Morgan fingerprint density at radius 2 is 1.95 bits per heavy atom. The Labute approximate surface area is 120 Å². The highest BCUT2D eigenvalue weighted by atomic mass is 16.5. The molecule has 0 heterocycles. The van der Waals surface area contributed by atoms with Crippen molar-refractivity contribution in [2.75, 3.05) is 20.8 Å². The number of benzene rings is 1. The lowest BCUT2D eigenvalue weighted by atomic mass is 9.98. The summed E-state index contributed by atoms with van der Waals surface area (Å²) in [4.78, 5) is 12.1. The first-order valence-electron chi connectivity index (χ1n) is 6.70. The number of amides is 1. The average molecular weight is 280 g/mol. The summed E-state index contributed by atoms with van der Waals surface area (Å²) in [6.07, 6.45) is 1.08. The van der Waals surface area contributed by atoms with Gasteiger partial charge in [0.05, 0.1) is 20.6 Å². The minimum absolute atomic E-state index is 0.0491. The second-order valence-corrected chi connectivity index (χ2v) is 5.03. The van der Waals surface area contributed by atoms with Gasteiger partial charge in [-0.3, -0.25) is 4.79 Å². The van der Waals surface area contributed by atoms with Crippen molar-refractivity contribution in [1.29, 1.82) is 0 Å². The molecule has 5 nitrogen and oxygen atoms in total. The molecule has 5 heteroatoms. The molecule has 1 atom stereocenters. The number of hydrogen-bond donors (Lipinski definition) is 2. The van der Waals surface area contributed by atoms with Gasteiger partial charge in [0, 0.05) is 12.1 Å². The van der Waals surface area contributed by atoms with E-state index in [1.807, 2.05) is 26.0 Å². The van der Waals surface area contributed by atoms with Gasteiger partial charge in [-0.15, -0.1) is 0 Å². The topological polar surface area (TPSA) is 73.6 Å². The molecule has 1 rings (SSSR count). The first-order valence-corrected chi connectivity index (χ1v) is 6.70. The van der Waals surface area contributed by atoms with Gasteiger partial charge in [-0.1, -0.05) is 13.0 Å². The standard InChI is InChI=1S/C15H24N2O3/c1-5-15(2,10-16)17-14(18)9-11-6-7-12(19-3)13(8-11)20-4/h6-8H,5,9-10,16H2,1-4H3,(H,17,18). The zero-order valence-corrected chi connectivity index (χ0v) is 12.7. The van der Waals surface area contributed by atoms with Crippen LogP contribution in [0.1, 0.15) is 25.8 Å². The molecular formula is C15H24N2O3. The van der Waals surface area contributed by atoms with Gasteiger partial charge >= 0.3 is 0 Å². The van der Waals surface area contributed by atoms with E-state index in [4.69, 9.17) is 15.2 Å². The fourth-order valence-corrected chi connectivity index (χ4v) is 1.84. The third kappa shape index (κ3) is 4.13. The maximum atomic E-state index is 12.1.